The van der Waals surface area contributed by atoms with Crippen molar-refractivity contribution in [1.29, 1.82) is 0 Å². The quantitative estimate of drug-likeness (QED) is 0.173. The number of halogens is 4. The molecule has 0 aliphatic heterocycles. The summed E-state index contributed by atoms with van der Waals surface area (Å²) in [6.45, 7) is 0.976. The van der Waals surface area contributed by atoms with Crippen LogP contribution in [-0.4, -0.2) is 36.3 Å². The van der Waals surface area contributed by atoms with Crippen LogP contribution in [0.2, 0.25) is 0 Å². The molecule has 0 aliphatic carbocycles. The zero-order chi connectivity index (χ0) is 21.6. The van der Waals surface area contributed by atoms with E-state index in [0.717, 1.165) is 0 Å². The summed E-state index contributed by atoms with van der Waals surface area (Å²) in [6, 6.07) is 5.42. The average molecular weight is 664 g/mol. The number of nitrogens with zero attached hydrogens (tertiary/aromatic N) is 2. The van der Waals surface area contributed by atoms with E-state index in [2.05, 4.69) is 63.7 Å². The predicted molar refractivity (Wildman–Crippen MR) is 119 cm³/mol. The molecule has 0 radical (unpaired) electrons. The molecule has 9 nitrogen and oxygen atoms in total. The first-order valence-corrected chi connectivity index (χ1v) is 11.0. The minimum Gasteiger partial charge on any atom is -0.489 e. The molecule has 156 valence electrons. The van der Waals surface area contributed by atoms with Crippen molar-refractivity contribution >= 4 is 75.1 Å². The molecule has 0 aliphatic rings. The zero-order valence-electron chi connectivity index (χ0n) is 14.4. The van der Waals surface area contributed by atoms with E-state index in [4.69, 9.17) is 14.2 Å². The number of nitro benzene ring substituents is 2. The summed E-state index contributed by atoms with van der Waals surface area (Å²) in [5.41, 5.74) is -0.124. The third kappa shape index (κ3) is 6.88. The maximum atomic E-state index is 10.8. The van der Waals surface area contributed by atoms with Crippen molar-refractivity contribution in [2.24, 2.45) is 0 Å². The Morgan fingerprint density at radius 2 is 0.966 bits per heavy atom. The number of rotatable bonds is 10. The molecule has 0 atom stereocenters. The Balaban J connectivity index is 1.76. The minimum absolute atomic E-state index is 0.0620. The van der Waals surface area contributed by atoms with Gasteiger partial charge in [-0.05, 0) is 63.7 Å². The van der Waals surface area contributed by atoms with Crippen LogP contribution in [-0.2, 0) is 4.74 Å². The van der Waals surface area contributed by atoms with Crippen LogP contribution in [0.3, 0.4) is 0 Å². The van der Waals surface area contributed by atoms with Crippen molar-refractivity contribution in [3.63, 3.8) is 0 Å². The van der Waals surface area contributed by atoms with E-state index in [1.807, 2.05) is 0 Å². The van der Waals surface area contributed by atoms with Crippen LogP contribution >= 0.6 is 63.7 Å². The Bertz CT molecular complexity index is 807. The minimum atomic E-state index is -0.496. The first-order valence-electron chi connectivity index (χ1n) is 7.81. The number of benzene rings is 2. The van der Waals surface area contributed by atoms with Crippen LogP contribution in [0, 0.1) is 20.2 Å². The van der Waals surface area contributed by atoms with Gasteiger partial charge in [0.2, 0.25) is 0 Å². The van der Waals surface area contributed by atoms with Gasteiger partial charge in [-0.25, -0.2) is 0 Å². The fraction of sp³-hybridized carbons (Fsp3) is 0.250. The Morgan fingerprint density at radius 3 is 1.24 bits per heavy atom. The molecule has 0 amide bonds. The van der Waals surface area contributed by atoms with Gasteiger partial charge in [-0.1, -0.05) is 0 Å². The molecular weight excluding hydrogens is 652 g/mol. The fourth-order valence-electron chi connectivity index (χ4n) is 2.09. The highest BCUT2D eigenvalue weighted by Gasteiger charge is 2.16. The second-order valence-electron chi connectivity index (χ2n) is 5.30. The van der Waals surface area contributed by atoms with Crippen LogP contribution in [0.4, 0.5) is 11.4 Å². The molecular formula is C16H12Br4N2O7. The van der Waals surface area contributed by atoms with Gasteiger partial charge in [0.1, 0.15) is 24.7 Å². The van der Waals surface area contributed by atoms with Gasteiger partial charge in [-0.15, -0.1) is 0 Å². The lowest BCUT2D eigenvalue weighted by atomic mass is 10.3. The van der Waals surface area contributed by atoms with Crippen molar-refractivity contribution in [3.05, 3.63) is 62.4 Å². The van der Waals surface area contributed by atoms with E-state index in [1.54, 1.807) is 0 Å². The molecule has 0 saturated heterocycles. The van der Waals surface area contributed by atoms with Crippen LogP contribution in [0.15, 0.2) is 42.2 Å². The molecule has 0 saturated carbocycles. The zero-order valence-corrected chi connectivity index (χ0v) is 20.7. The van der Waals surface area contributed by atoms with Gasteiger partial charge < -0.3 is 14.2 Å². The standard InChI is InChI=1S/C16H12Br4N2O7/c17-11-5-9(21(23)24)6-12(18)15(11)28-3-1-27-2-4-29-16-13(19)7-10(22(25)26)8-14(16)20/h5-8H,1-4H2. The van der Waals surface area contributed by atoms with E-state index in [9.17, 15) is 20.2 Å². The van der Waals surface area contributed by atoms with Crippen molar-refractivity contribution in [1.82, 2.24) is 0 Å². The lowest BCUT2D eigenvalue weighted by molar-refractivity contribution is -0.385. The Labute approximate surface area is 198 Å². The molecule has 0 unspecified atom stereocenters. The third-order valence-corrected chi connectivity index (χ3v) is 5.69. The lowest BCUT2D eigenvalue weighted by Crippen LogP contribution is -2.12. The summed E-state index contributed by atoms with van der Waals surface area (Å²) >= 11 is 13.0. The van der Waals surface area contributed by atoms with Gasteiger partial charge in [0, 0.05) is 24.3 Å². The summed E-state index contributed by atoms with van der Waals surface area (Å²) < 4.78 is 18.4. The molecule has 0 aromatic heterocycles. The highest BCUT2D eigenvalue weighted by Crippen LogP contribution is 2.38. The number of non-ortho nitro benzene ring substituents is 2. The smallest absolute Gasteiger partial charge is 0.271 e. The summed E-state index contributed by atoms with van der Waals surface area (Å²) in [6.07, 6.45) is 0. The molecule has 2 aromatic rings. The molecule has 0 fully saturated rings. The highest BCUT2D eigenvalue weighted by atomic mass is 79.9. The number of hydrogen-bond donors (Lipinski definition) is 0. The fourth-order valence-corrected chi connectivity index (χ4v) is 4.87. The largest absolute Gasteiger partial charge is 0.489 e. The summed E-state index contributed by atoms with van der Waals surface area (Å²) in [7, 11) is 0. The maximum Gasteiger partial charge on any atom is 0.271 e. The third-order valence-electron chi connectivity index (χ3n) is 3.34. The van der Waals surface area contributed by atoms with Crippen molar-refractivity contribution in [3.8, 4) is 11.5 Å². The maximum absolute atomic E-state index is 10.8. The van der Waals surface area contributed by atoms with E-state index in [1.165, 1.54) is 24.3 Å². The normalized spacial score (nSPS) is 10.6. The van der Waals surface area contributed by atoms with Gasteiger partial charge in [-0.2, -0.15) is 0 Å². The van der Waals surface area contributed by atoms with Crippen LogP contribution in [0.25, 0.3) is 0 Å². The molecule has 0 N–H and O–H groups in total. The van der Waals surface area contributed by atoms with Crippen LogP contribution < -0.4 is 9.47 Å². The predicted octanol–water partition coefficient (Wildman–Crippen LogP) is 6.03. The van der Waals surface area contributed by atoms with Gasteiger partial charge in [0.15, 0.2) is 0 Å². The first kappa shape index (κ1) is 24.0. The van der Waals surface area contributed by atoms with E-state index in [0.29, 0.717) is 29.4 Å². The topological polar surface area (TPSA) is 114 Å². The molecule has 0 heterocycles. The molecule has 29 heavy (non-hydrogen) atoms. The Hall–Kier alpha value is -1.28. The van der Waals surface area contributed by atoms with Gasteiger partial charge in [-0.3, -0.25) is 20.2 Å². The molecule has 2 rings (SSSR count). The lowest BCUT2D eigenvalue weighted by Gasteiger charge is -2.12. The monoisotopic (exact) mass is 660 g/mol. The van der Waals surface area contributed by atoms with E-state index >= 15 is 0 Å². The summed E-state index contributed by atoms with van der Waals surface area (Å²) in [4.78, 5) is 20.7. The van der Waals surface area contributed by atoms with Crippen LogP contribution in [0.5, 0.6) is 11.5 Å². The molecule has 2 aromatic carbocycles. The number of ether oxygens (including phenoxy) is 3. The Morgan fingerprint density at radius 1 is 0.655 bits per heavy atom. The van der Waals surface area contributed by atoms with Gasteiger partial charge >= 0.3 is 0 Å². The van der Waals surface area contributed by atoms with Crippen molar-refractivity contribution < 1.29 is 24.1 Å². The first-order chi connectivity index (χ1) is 13.7. The van der Waals surface area contributed by atoms with Crippen molar-refractivity contribution in [2.75, 3.05) is 26.4 Å². The second-order valence-corrected chi connectivity index (χ2v) is 8.72. The highest BCUT2D eigenvalue weighted by molar-refractivity contribution is 9.11. The second kappa shape index (κ2) is 11.2. The Kier molecular flexibility index (Phi) is 9.27. The number of nitro groups is 2. The van der Waals surface area contributed by atoms with E-state index < -0.39 is 9.85 Å². The summed E-state index contributed by atoms with van der Waals surface area (Å²) in [5, 5.41) is 21.6. The number of hydrogen-bond acceptors (Lipinski definition) is 7. The van der Waals surface area contributed by atoms with Crippen molar-refractivity contribution in [2.45, 2.75) is 0 Å². The molecule has 0 bridgehead atoms. The van der Waals surface area contributed by atoms with Gasteiger partial charge in [0.05, 0.1) is 41.0 Å². The molecule has 13 heteroatoms. The molecule has 0 spiro atoms. The van der Waals surface area contributed by atoms with Crippen LogP contribution in [0.1, 0.15) is 0 Å². The average Bonchev–Trinajstić information content (AvgIpc) is 2.63. The van der Waals surface area contributed by atoms with Gasteiger partial charge in [0.25, 0.3) is 11.4 Å². The van der Waals surface area contributed by atoms with E-state index in [-0.39, 0.29) is 37.8 Å². The summed E-state index contributed by atoms with van der Waals surface area (Å²) in [5.74, 6) is 0.878. The SMILES string of the molecule is O=[N+]([O-])c1cc(Br)c(OCCOCCOc2c(Br)cc([N+](=O)[O-])cc2Br)c(Br)c1.